The Bertz CT molecular complexity index is 1070. The van der Waals surface area contributed by atoms with Gasteiger partial charge in [0.1, 0.15) is 0 Å². The molecular formula is C23H25N5OS2. The molecule has 1 aliphatic rings. The van der Waals surface area contributed by atoms with Crippen molar-refractivity contribution in [3.05, 3.63) is 64.5 Å². The molecule has 1 fully saturated rings. The second kappa shape index (κ2) is 10.00. The van der Waals surface area contributed by atoms with Crippen LogP contribution in [-0.2, 0) is 4.74 Å². The van der Waals surface area contributed by atoms with E-state index in [1.54, 1.807) is 17.6 Å². The second-order valence-electron chi connectivity index (χ2n) is 7.30. The number of ether oxygens (including phenoxy) is 1. The van der Waals surface area contributed by atoms with Gasteiger partial charge in [-0.1, -0.05) is 47.7 Å². The fraction of sp³-hybridized carbons (Fsp3) is 0.261. The molecule has 1 saturated heterocycles. The lowest BCUT2D eigenvalue weighted by molar-refractivity contribution is 0.122. The minimum atomic E-state index is 0.443. The van der Waals surface area contributed by atoms with Crippen molar-refractivity contribution in [3.63, 3.8) is 0 Å². The van der Waals surface area contributed by atoms with Crippen LogP contribution in [0.5, 0.6) is 0 Å². The van der Waals surface area contributed by atoms with Gasteiger partial charge in [-0.25, -0.2) is 4.98 Å². The normalized spacial score (nSPS) is 14.1. The van der Waals surface area contributed by atoms with Crippen molar-refractivity contribution in [2.45, 2.75) is 13.8 Å². The standard InChI is InChI=1S/C23H25N5OS2/c1-16-8-9-19(14-17(16)2)25-22(30)27-24-15-20-21(18-6-4-3-5-7-18)26-23(31-20)28-10-12-29-13-11-28/h3-9,14-15H,10-13H2,1-2H3,(H2,25,27,30)/b24-15+. The molecule has 2 aromatic carbocycles. The molecule has 0 amide bonds. The fourth-order valence-electron chi connectivity index (χ4n) is 3.23. The van der Waals surface area contributed by atoms with Crippen molar-refractivity contribution < 1.29 is 4.74 Å². The van der Waals surface area contributed by atoms with Gasteiger partial charge in [0.25, 0.3) is 0 Å². The third-order valence-corrected chi connectivity index (χ3v) is 6.33. The summed E-state index contributed by atoms with van der Waals surface area (Å²) in [6, 6.07) is 16.3. The Morgan fingerprint density at radius 1 is 1.13 bits per heavy atom. The van der Waals surface area contributed by atoms with Gasteiger partial charge >= 0.3 is 0 Å². The Morgan fingerprint density at radius 3 is 2.65 bits per heavy atom. The van der Waals surface area contributed by atoms with E-state index >= 15 is 0 Å². The van der Waals surface area contributed by atoms with Crippen LogP contribution in [0, 0.1) is 13.8 Å². The highest BCUT2D eigenvalue weighted by atomic mass is 32.1. The maximum Gasteiger partial charge on any atom is 0.191 e. The minimum Gasteiger partial charge on any atom is -0.378 e. The molecule has 8 heteroatoms. The van der Waals surface area contributed by atoms with Gasteiger partial charge in [0.2, 0.25) is 0 Å². The number of benzene rings is 2. The first kappa shape index (κ1) is 21.4. The first-order valence-corrected chi connectivity index (χ1v) is 11.4. The van der Waals surface area contributed by atoms with Crippen molar-refractivity contribution in [2.75, 3.05) is 36.5 Å². The van der Waals surface area contributed by atoms with Gasteiger partial charge < -0.3 is 15.0 Å². The summed E-state index contributed by atoms with van der Waals surface area (Å²) in [6.45, 7) is 7.31. The van der Waals surface area contributed by atoms with E-state index < -0.39 is 0 Å². The predicted molar refractivity (Wildman–Crippen MR) is 133 cm³/mol. The quantitative estimate of drug-likeness (QED) is 0.336. The number of anilines is 2. The number of aromatic nitrogens is 1. The summed E-state index contributed by atoms with van der Waals surface area (Å²) in [6.07, 6.45) is 1.79. The van der Waals surface area contributed by atoms with Crippen molar-refractivity contribution in [1.29, 1.82) is 0 Å². The van der Waals surface area contributed by atoms with E-state index in [-0.39, 0.29) is 0 Å². The first-order chi connectivity index (χ1) is 15.1. The molecule has 1 aromatic heterocycles. The maximum absolute atomic E-state index is 5.47. The van der Waals surface area contributed by atoms with Gasteiger partial charge in [-0.3, -0.25) is 5.43 Å². The van der Waals surface area contributed by atoms with Crippen molar-refractivity contribution in [1.82, 2.24) is 10.4 Å². The Kier molecular flexibility index (Phi) is 6.91. The summed E-state index contributed by atoms with van der Waals surface area (Å²) in [7, 11) is 0. The van der Waals surface area contributed by atoms with Crippen LogP contribution < -0.4 is 15.6 Å². The van der Waals surface area contributed by atoms with Gasteiger partial charge in [0.15, 0.2) is 10.2 Å². The third-order valence-electron chi connectivity index (χ3n) is 5.08. The summed E-state index contributed by atoms with van der Waals surface area (Å²) < 4.78 is 5.47. The Labute approximate surface area is 192 Å². The van der Waals surface area contributed by atoms with Crippen LogP contribution in [0.25, 0.3) is 11.3 Å². The molecule has 4 rings (SSSR count). The van der Waals surface area contributed by atoms with Crippen molar-refractivity contribution >= 4 is 45.7 Å². The number of thiazole rings is 1. The second-order valence-corrected chi connectivity index (χ2v) is 8.72. The molecule has 0 radical (unpaired) electrons. The molecule has 2 heterocycles. The molecule has 0 saturated carbocycles. The van der Waals surface area contributed by atoms with E-state index in [0.717, 1.165) is 53.3 Å². The molecule has 2 N–H and O–H groups in total. The van der Waals surface area contributed by atoms with E-state index in [1.165, 1.54) is 11.1 Å². The summed E-state index contributed by atoms with van der Waals surface area (Å²) in [5.74, 6) is 0. The monoisotopic (exact) mass is 451 g/mol. The van der Waals surface area contributed by atoms with Gasteiger partial charge in [-0.15, -0.1) is 0 Å². The van der Waals surface area contributed by atoms with Crippen LogP contribution in [0.3, 0.4) is 0 Å². The molecule has 0 spiro atoms. The highest BCUT2D eigenvalue weighted by Crippen LogP contribution is 2.32. The first-order valence-electron chi connectivity index (χ1n) is 10.2. The maximum atomic E-state index is 5.47. The Morgan fingerprint density at radius 2 is 1.90 bits per heavy atom. The molecule has 6 nitrogen and oxygen atoms in total. The van der Waals surface area contributed by atoms with Gasteiger partial charge in [-0.2, -0.15) is 5.10 Å². The zero-order valence-corrected chi connectivity index (χ0v) is 19.2. The molecule has 0 aliphatic carbocycles. The number of rotatable bonds is 5. The molecule has 160 valence electrons. The smallest absolute Gasteiger partial charge is 0.191 e. The van der Waals surface area contributed by atoms with Crippen LogP contribution in [0.4, 0.5) is 10.8 Å². The summed E-state index contributed by atoms with van der Waals surface area (Å²) >= 11 is 7.02. The van der Waals surface area contributed by atoms with Crippen molar-refractivity contribution in [3.8, 4) is 11.3 Å². The SMILES string of the molecule is Cc1ccc(NC(=S)N/N=C/c2sc(N3CCOCC3)nc2-c2ccccc2)cc1C. The topological polar surface area (TPSA) is 61.8 Å². The largest absolute Gasteiger partial charge is 0.378 e. The minimum absolute atomic E-state index is 0.443. The fourth-order valence-corrected chi connectivity index (χ4v) is 4.41. The lowest BCUT2D eigenvalue weighted by atomic mass is 10.1. The average Bonchev–Trinajstić information content (AvgIpc) is 3.22. The van der Waals surface area contributed by atoms with Crippen LogP contribution in [0.1, 0.15) is 16.0 Å². The number of aryl methyl sites for hydroxylation is 2. The third kappa shape index (κ3) is 5.46. The summed E-state index contributed by atoms with van der Waals surface area (Å²) in [5.41, 5.74) is 8.30. The van der Waals surface area contributed by atoms with E-state index in [9.17, 15) is 0 Å². The number of hydrogen-bond donors (Lipinski definition) is 2. The van der Waals surface area contributed by atoms with Gasteiger partial charge in [0, 0.05) is 24.3 Å². The number of morpholine rings is 1. The zero-order chi connectivity index (χ0) is 21.6. The molecule has 0 bridgehead atoms. The number of hydrogen-bond acceptors (Lipinski definition) is 6. The Balaban J connectivity index is 1.49. The lowest BCUT2D eigenvalue weighted by Gasteiger charge is -2.26. The predicted octanol–water partition coefficient (Wildman–Crippen LogP) is 4.58. The van der Waals surface area contributed by atoms with Gasteiger partial charge in [-0.05, 0) is 49.3 Å². The van der Waals surface area contributed by atoms with Crippen LogP contribution >= 0.6 is 23.6 Å². The molecular weight excluding hydrogens is 426 g/mol. The Hall–Kier alpha value is -2.81. The summed E-state index contributed by atoms with van der Waals surface area (Å²) in [5, 5.41) is 8.97. The van der Waals surface area contributed by atoms with Gasteiger partial charge in [0.05, 0.1) is 30.0 Å². The molecule has 3 aromatic rings. The van der Waals surface area contributed by atoms with Crippen molar-refractivity contribution in [2.24, 2.45) is 5.10 Å². The van der Waals surface area contributed by atoms with E-state index in [0.29, 0.717) is 5.11 Å². The molecule has 31 heavy (non-hydrogen) atoms. The number of nitrogens with zero attached hydrogens (tertiary/aromatic N) is 3. The number of nitrogens with one attached hydrogen (secondary N) is 2. The van der Waals surface area contributed by atoms with Crippen LogP contribution in [-0.4, -0.2) is 42.6 Å². The molecule has 1 aliphatic heterocycles. The van der Waals surface area contributed by atoms with E-state index in [4.69, 9.17) is 21.9 Å². The highest BCUT2D eigenvalue weighted by Gasteiger charge is 2.18. The lowest BCUT2D eigenvalue weighted by Crippen LogP contribution is -2.36. The average molecular weight is 452 g/mol. The number of hydrazone groups is 1. The zero-order valence-electron chi connectivity index (χ0n) is 17.6. The highest BCUT2D eigenvalue weighted by molar-refractivity contribution is 7.80. The molecule has 0 unspecified atom stereocenters. The van der Waals surface area contributed by atoms with Crippen LogP contribution in [0.2, 0.25) is 0 Å². The summed E-state index contributed by atoms with van der Waals surface area (Å²) in [4.78, 5) is 8.15. The molecule has 0 atom stereocenters. The van der Waals surface area contributed by atoms with E-state index in [1.807, 2.05) is 24.3 Å². The van der Waals surface area contributed by atoms with Crippen LogP contribution in [0.15, 0.2) is 53.6 Å². The van der Waals surface area contributed by atoms with E-state index in [2.05, 4.69) is 58.9 Å². The number of thiocarbonyl (C=S) groups is 1.